The maximum absolute atomic E-state index is 10.6. The lowest BCUT2D eigenvalue weighted by atomic mass is 9.77. The van der Waals surface area contributed by atoms with E-state index in [0.29, 0.717) is 0 Å². The van der Waals surface area contributed by atoms with Gasteiger partial charge in [-0.25, -0.2) is 0 Å². The van der Waals surface area contributed by atoms with E-state index in [2.05, 4.69) is 63.5 Å². The molecule has 0 aromatic heterocycles. The maximum Gasteiger partial charge on any atom is 0.0846 e. The summed E-state index contributed by atoms with van der Waals surface area (Å²) in [7, 11) is 0. The summed E-state index contributed by atoms with van der Waals surface area (Å²) < 4.78 is 1.11. The highest BCUT2D eigenvalue weighted by Gasteiger charge is 2.30. The first-order valence-electron chi connectivity index (χ1n) is 6.16. The number of hydrogen-bond donors (Lipinski definition) is 1. The Hall–Kier alpha value is -0.340. The van der Waals surface area contributed by atoms with Crippen LogP contribution in [-0.2, 0) is 0 Å². The summed E-state index contributed by atoms with van der Waals surface area (Å²) in [4.78, 5) is 0. The van der Waals surface area contributed by atoms with Crippen molar-refractivity contribution in [2.24, 2.45) is 5.41 Å². The predicted molar refractivity (Wildman–Crippen MR) is 77.4 cm³/mol. The molecule has 96 valence electrons. The van der Waals surface area contributed by atoms with Crippen LogP contribution >= 0.6 is 15.9 Å². The molecule has 0 saturated carbocycles. The van der Waals surface area contributed by atoms with Crippen molar-refractivity contribution >= 4 is 15.9 Å². The Bertz CT molecular complexity index is 421. The molecule has 0 aliphatic heterocycles. The van der Waals surface area contributed by atoms with Crippen LogP contribution in [0.2, 0.25) is 0 Å². The van der Waals surface area contributed by atoms with Crippen LogP contribution in [0.5, 0.6) is 0 Å². The van der Waals surface area contributed by atoms with Crippen molar-refractivity contribution in [3.05, 3.63) is 32.8 Å². The molecule has 0 amide bonds. The van der Waals surface area contributed by atoms with Gasteiger partial charge in [0.1, 0.15) is 0 Å². The van der Waals surface area contributed by atoms with Gasteiger partial charge in [-0.2, -0.15) is 0 Å². The lowest BCUT2D eigenvalue weighted by molar-refractivity contribution is 0.0455. The number of aliphatic hydroxyl groups is 1. The molecule has 0 spiro atoms. The van der Waals surface area contributed by atoms with E-state index >= 15 is 0 Å². The standard InChI is InChI=1S/C15H23BrO/c1-7-15(5,6)14(17)12-9(2)8-10(3)13(16)11(12)4/h8,14,17H,7H2,1-6H3. The molecule has 0 aliphatic carbocycles. The average molecular weight is 299 g/mol. The number of aryl methyl sites for hydroxylation is 2. The fourth-order valence-corrected chi connectivity index (χ4v) is 2.51. The van der Waals surface area contributed by atoms with Gasteiger partial charge in [0.05, 0.1) is 6.10 Å². The highest BCUT2D eigenvalue weighted by molar-refractivity contribution is 9.10. The van der Waals surface area contributed by atoms with Gasteiger partial charge in [0.2, 0.25) is 0 Å². The largest absolute Gasteiger partial charge is 0.388 e. The normalized spacial score (nSPS) is 13.9. The summed E-state index contributed by atoms with van der Waals surface area (Å²) in [5.74, 6) is 0. The van der Waals surface area contributed by atoms with E-state index in [-0.39, 0.29) is 5.41 Å². The van der Waals surface area contributed by atoms with E-state index in [9.17, 15) is 5.11 Å². The third kappa shape index (κ3) is 2.74. The summed E-state index contributed by atoms with van der Waals surface area (Å²) in [5, 5.41) is 10.6. The molecular weight excluding hydrogens is 276 g/mol. The van der Waals surface area contributed by atoms with Gasteiger partial charge in [0.15, 0.2) is 0 Å². The van der Waals surface area contributed by atoms with Crippen LogP contribution in [0.1, 0.15) is 55.5 Å². The topological polar surface area (TPSA) is 20.2 Å². The summed E-state index contributed by atoms with van der Waals surface area (Å²) >= 11 is 3.61. The summed E-state index contributed by atoms with van der Waals surface area (Å²) in [6, 6.07) is 2.14. The van der Waals surface area contributed by atoms with Crippen LogP contribution in [0.25, 0.3) is 0 Å². The molecule has 0 radical (unpaired) electrons. The molecule has 1 atom stereocenters. The third-order valence-electron chi connectivity index (χ3n) is 3.86. The van der Waals surface area contributed by atoms with Crippen molar-refractivity contribution in [1.82, 2.24) is 0 Å². The zero-order chi connectivity index (χ0) is 13.4. The van der Waals surface area contributed by atoms with E-state index in [1.54, 1.807) is 0 Å². The zero-order valence-electron chi connectivity index (χ0n) is 11.7. The van der Waals surface area contributed by atoms with Gasteiger partial charge in [-0.15, -0.1) is 0 Å². The average Bonchev–Trinajstić information content (AvgIpc) is 2.26. The van der Waals surface area contributed by atoms with Gasteiger partial charge in [-0.3, -0.25) is 0 Å². The van der Waals surface area contributed by atoms with Crippen molar-refractivity contribution in [2.45, 2.75) is 54.1 Å². The molecule has 0 saturated heterocycles. The van der Waals surface area contributed by atoms with Crippen LogP contribution in [0, 0.1) is 26.2 Å². The molecule has 0 bridgehead atoms. The van der Waals surface area contributed by atoms with Gasteiger partial charge in [0.25, 0.3) is 0 Å². The predicted octanol–water partition coefficient (Wildman–Crippen LogP) is 4.84. The first kappa shape index (κ1) is 14.7. The Kier molecular flexibility index (Phi) is 4.43. The first-order chi connectivity index (χ1) is 7.72. The quantitative estimate of drug-likeness (QED) is 0.846. The van der Waals surface area contributed by atoms with Gasteiger partial charge >= 0.3 is 0 Å². The highest BCUT2D eigenvalue weighted by Crippen LogP contribution is 2.41. The second kappa shape index (κ2) is 5.11. The van der Waals surface area contributed by atoms with Crippen LogP contribution in [0.15, 0.2) is 10.5 Å². The van der Waals surface area contributed by atoms with E-state index < -0.39 is 6.10 Å². The van der Waals surface area contributed by atoms with Crippen LogP contribution in [0.3, 0.4) is 0 Å². The molecule has 1 aromatic carbocycles. The van der Waals surface area contributed by atoms with Crippen LogP contribution < -0.4 is 0 Å². The Balaban J connectivity index is 3.37. The Labute approximate surface area is 113 Å². The maximum atomic E-state index is 10.6. The highest BCUT2D eigenvalue weighted by atomic mass is 79.9. The second-order valence-electron chi connectivity index (χ2n) is 5.61. The molecule has 2 heteroatoms. The van der Waals surface area contributed by atoms with E-state index in [1.807, 2.05) is 0 Å². The lowest BCUT2D eigenvalue weighted by Crippen LogP contribution is -2.23. The number of rotatable bonds is 3. The summed E-state index contributed by atoms with van der Waals surface area (Å²) in [6.45, 7) is 12.6. The van der Waals surface area contributed by atoms with Crippen molar-refractivity contribution < 1.29 is 5.11 Å². The molecule has 1 N–H and O–H groups in total. The monoisotopic (exact) mass is 298 g/mol. The third-order valence-corrected chi connectivity index (χ3v) is 5.08. The SMILES string of the molecule is CCC(C)(C)C(O)c1c(C)cc(C)c(Br)c1C. The molecule has 1 rings (SSSR count). The molecule has 1 unspecified atom stereocenters. The molecule has 17 heavy (non-hydrogen) atoms. The number of hydrogen-bond acceptors (Lipinski definition) is 1. The molecule has 1 aromatic rings. The van der Waals surface area contributed by atoms with Gasteiger partial charge < -0.3 is 5.11 Å². The Morgan fingerprint density at radius 2 is 1.76 bits per heavy atom. The number of benzene rings is 1. The van der Waals surface area contributed by atoms with Crippen molar-refractivity contribution in [2.75, 3.05) is 0 Å². The minimum Gasteiger partial charge on any atom is -0.388 e. The molecular formula is C15H23BrO. The van der Waals surface area contributed by atoms with Gasteiger partial charge in [-0.1, -0.05) is 42.8 Å². The first-order valence-corrected chi connectivity index (χ1v) is 6.96. The zero-order valence-corrected chi connectivity index (χ0v) is 13.3. The second-order valence-corrected chi connectivity index (χ2v) is 6.40. The fourth-order valence-electron chi connectivity index (χ4n) is 2.18. The van der Waals surface area contributed by atoms with Crippen molar-refractivity contribution in [1.29, 1.82) is 0 Å². The Morgan fingerprint density at radius 3 is 2.24 bits per heavy atom. The molecule has 0 heterocycles. The van der Waals surface area contributed by atoms with Crippen LogP contribution in [-0.4, -0.2) is 5.11 Å². The molecule has 0 aliphatic rings. The smallest absolute Gasteiger partial charge is 0.0846 e. The summed E-state index contributed by atoms with van der Waals surface area (Å²) in [6.07, 6.45) is 0.544. The molecule has 1 nitrogen and oxygen atoms in total. The minimum absolute atomic E-state index is 0.0930. The number of halogens is 1. The fraction of sp³-hybridized carbons (Fsp3) is 0.600. The Morgan fingerprint density at radius 1 is 1.24 bits per heavy atom. The van der Waals surface area contributed by atoms with E-state index in [0.717, 1.165) is 22.0 Å². The van der Waals surface area contributed by atoms with E-state index in [4.69, 9.17) is 0 Å². The summed E-state index contributed by atoms with van der Waals surface area (Å²) in [5.41, 5.74) is 4.55. The molecule has 0 fully saturated rings. The minimum atomic E-state index is -0.413. The van der Waals surface area contributed by atoms with Gasteiger partial charge in [-0.05, 0) is 54.9 Å². The van der Waals surface area contributed by atoms with Gasteiger partial charge in [0, 0.05) is 4.47 Å². The lowest BCUT2D eigenvalue weighted by Gasteiger charge is -2.32. The van der Waals surface area contributed by atoms with Crippen molar-refractivity contribution in [3.8, 4) is 0 Å². The van der Waals surface area contributed by atoms with E-state index in [1.165, 1.54) is 11.1 Å². The van der Waals surface area contributed by atoms with Crippen LogP contribution in [0.4, 0.5) is 0 Å². The van der Waals surface area contributed by atoms with Crippen molar-refractivity contribution in [3.63, 3.8) is 0 Å². The number of aliphatic hydroxyl groups excluding tert-OH is 1.